The van der Waals surface area contributed by atoms with E-state index in [9.17, 15) is 5.11 Å². The number of aliphatic hydroxyl groups excluding tert-OH is 1. The van der Waals surface area contributed by atoms with E-state index in [1.165, 1.54) is 0 Å². The number of hydrogen-bond donors (Lipinski definition) is 1. The van der Waals surface area contributed by atoms with Gasteiger partial charge in [0, 0.05) is 25.7 Å². The fourth-order valence-electron chi connectivity index (χ4n) is 3.02. The van der Waals surface area contributed by atoms with Crippen molar-refractivity contribution in [2.45, 2.75) is 26.1 Å². The lowest BCUT2D eigenvalue weighted by molar-refractivity contribution is 0.0581. The molecule has 0 spiro atoms. The lowest BCUT2D eigenvalue weighted by atomic mass is 10.2. The number of fused-ring (bicyclic) bond motifs is 2. The first kappa shape index (κ1) is 15.2. The maximum atomic E-state index is 10.2. The van der Waals surface area contributed by atoms with Crippen LogP contribution in [0.2, 0.25) is 0 Å². The number of aliphatic hydroxyl groups is 1. The molecule has 0 saturated carbocycles. The topological polar surface area (TPSA) is 81.9 Å². The molecule has 1 N–H and O–H groups in total. The number of benzene rings is 1. The van der Waals surface area contributed by atoms with Crippen LogP contribution in [-0.4, -0.2) is 57.4 Å². The van der Waals surface area contributed by atoms with Crippen molar-refractivity contribution in [1.29, 1.82) is 0 Å². The minimum absolute atomic E-state index is 0.224. The van der Waals surface area contributed by atoms with Crippen LogP contribution in [0.1, 0.15) is 11.6 Å². The van der Waals surface area contributed by atoms with Crippen LogP contribution < -0.4 is 14.2 Å². The Morgan fingerprint density at radius 2 is 2.12 bits per heavy atom. The molecule has 0 aliphatic carbocycles. The van der Waals surface area contributed by atoms with Gasteiger partial charge in [0.25, 0.3) is 0 Å². The molecule has 2 aliphatic heterocycles. The van der Waals surface area contributed by atoms with Crippen LogP contribution in [-0.2, 0) is 13.1 Å². The fraction of sp³-hybridized carbons (Fsp3) is 0.500. The molecule has 1 aromatic heterocycles. The van der Waals surface area contributed by atoms with Gasteiger partial charge in [-0.15, -0.1) is 10.2 Å². The monoisotopic (exact) mass is 332 g/mol. The zero-order valence-electron chi connectivity index (χ0n) is 13.5. The van der Waals surface area contributed by atoms with Gasteiger partial charge in [-0.3, -0.25) is 4.90 Å². The van der Waals surface area contributed by atoms with Gasteiger partial charge in [-0.25, -0.2) is 0 Å². The standard InChI is InChI=1S/C16H20N4O4/c1-11-17-18-16-8-19(4-5-20(11)16)7-12(21)9-22-13-2-3-14-15(6-13)24-10-23-14/h2-3,6,12,21H,4-5,7-10H2,1H3. The summed E-state index contributed by atoms with van der Waals surface area (Å²) in [5, 5.41) is 18.5. The van der Waals surface area contributed by atoms with Gasteiger partial charge in [0.2, 0.25) is 6.79 Å². The SMILES string of the molecule is Cc1nnc2n1CCN(CC(O)COc1ccc3c(c1)OCO3)C2. The maximum Gasteiger partial charge on any atom is 0.231 e. The second-order valence-electron chi connectivity index (χ2n) is 6.03. The number of aryl methyl sites for hydroxylation is 1. The highest BCUT2D eigenvalue weighted by atomic mass is 16.7. The van der Waals surface area contributed by atoms with E-state index in [1.54, 1.807) is 6.07 Å². The van der Waals surface area contributed by atoms with Gasteiger partial charge in [0.15, 0.2) is 11.5 Å². The normalized spacial score (nSPS) is 17.6. The Balaban J connectivity index is 1.29. The molecule has 1 atom stereocenters. The molecule has 4 rings (SSSR count). The molecule has 0 amide bonds. The minimum Gasteiger partial charge on any atom is -0.491 e. The number of ether oxygens (including phenoxy) is 3. The summed E-state index contributed by atoms with van der Waals surface area (Å²) >= 11 is 0. The molecule has 3 heterocycles. The summed E-state index contributed by atoms with van der Waals surface area (Å²) in [6.07, 6.45) is -0.578. The zero-order valence-corrected chi connectivity index (χ0v) is 13.5. The molecule has 1 aromatic carbocycles. The predicted octanol–water partition coefficient (Wildman–Crippen LogP) is 0.571. The van der Waals surface area contributed by atoms with Crippen LogP contribution in [0, 0.1) is 6.92 Å². The van der Waals surface area contributed by atoms with Crippen molar-refractivity contribution in [3.63, 3.8) is 0 Å². The average molecular weight is 332 g/mol. The molecule has 2 aliphatic rings. The van der Waals surface area contributed by atoms with Crippen molar-refractivity contribution in [2.75, 3.05) is 26.5 Å². The van der Waals surface area contributed by atoms with Gasteiger partial charge < -0.3 is 23.9 Å². The highest BCUT2D eigenvalue weighted by molar-refractivity contribution is 5.46. The molecular formula is C16H20N4O4. The smallest absolute Gasteiger partial charge is 0.231 e. The van der Waals surface area contributed by atoms with Crippen LogP contribution in [0.15, 0.2) is 18.2 Å². The summed E-state index contributed by atoms with van der Waals surface area (Å²) in [5.41, 5.74) is 0. The second kappa shape index (κ2) is 6.29. The van der Waals surface area contributed by atoms with E-state index in [0.29, 0.717) is 24.6 Å². The molecular weight excluding hydrogens is 312 g/mol. The van der Waals surface area contributed by atoms with E-state index in [1.807, 2.05) is 19.1 Å². The first-order chi connectivity index (χ1) is 11.7. The summed E-state index contributed by atoms with van der Waals surface area (Å²) in [6, 6.07) is 5.40. The number of nitrogens with zero attached hydrogens (tertiary/aromatic N) is 4. The second-order valence-corrected chi connectivity index (χ2v) is 6.03. The highest BCUT2D eigenvalue weighted by Gasteiger charge is 2.22. The maximum absolute atomic E-state index is 10.2. The molecule has 0 radical (unpaired) electrons. The third-order valence-electron chi connectivity index (χ3n) is 4.27. The van der Waals surface area contributed by atoms with Crippen LogP contribution in [0.5, 0.6) is 17.2 Å². The summed E-state index contributed by atoms with van der Waals surface area (Å²) in [4.78, 5) is 2.16. The predicted molar refractivity (Wildman–Crippen MR) is 84.1 cm³/mol. The lowest BCUT2D eigenvalue weighted by Gasteiger charge is -2.29. The highest BCUT2D eigenvalue weighted by Crippen LogP contribution is 2.35. The molecule has 0 bridgehead atoms. The van der Waals surface area contributed by atoms with Crippen LogP contribution in [0.3, 0.4) is 0 Å². The van der Waals surface area contributed by atoms with E-state index in [2.05, 4.69) is 19.7 Å². The van der Waals surface area contributed by atoms with E-state index in [0.717, 1.165) is 30.5 Å². The van der Waals surface area contributed by atoms with Gasteiger partial charge in [0.05, 0.1) is 6.54 Å². The van der Waals surface area contributed by atoms with Crippen molar-refractivity contribution in [3.8, 4) is 17.2 Å². The molecule has 0 saturated heterocycles. The van der Waals surface area contributed by atoms with Crippen LogP contribution in [0.4, 0.5) is 0 Å². The van der Waals surface area contributed by atoms with Crippen molar-refractivity contribution in [1.82, 2.24) is 19.7 Å². The van der Waals surface area contributed by atoms with Gasteiger partial charge in [-0.1, -0.05) is 0 Å². The van der Waals surface area contributed by atoms with Gasteiger partial charge in [-0.2, -0.15) is 0 Å². The Kier molecular flexibility index (Phi) is 3.99. The van der Waals surface area contributed by atoms with Gasteiger partial charge >= 0.3 is 0 Å². The first-order valence-electron chi connectivity index (χ1n) is 8.00. The quantitative estimate of drug-likeness (QED) is 0.857. The average Bonchev–Trinajstić information content (AvgIpc) is 3.19. The number of aromatic nitrogens is 3. The Labute approximate surface area is 139 Å². The van der Waals surface area contributed by atoms with Gasteiger partial charge in [0.1, 0.15) is 30.1 Å². The number of β-amino-alcohol motifs (C(OH)–C–C–N with tert-alkyl or cyclic N) is 1. The molecule has 1 unspecified atom stereocenters. The van der Waals surface area contributed by atoms with Crippen molar-refractivity contribution in [3.05, 3.63) is 29.8 Å². The first-order valence-corrected chi connectivity index (χ1v) is 8.00. The molecule has 8 heteroatoms. The lowest BCUT2D eigenvalue weighted by Crippen LogP contribution is -2.40. The molecule has 24 heavy (non-hydrogen) atoms. The molecule has 128 valence electrons. The Hall–Kier alpha value is -2.32. The minimum atomic E-state index is -0.578. The summed E-state index contributed by atoms with van der Waals surface area (Å²) in [5.74, 6) is 3.94. The van der Waals surface area contributed by atoms with E-state index in [-0.39, 0.29) is 13.4 Å². The number of rotatable bonds is 5. The third-order valence-corrected chi connectivity index (χ3v) is 4.27. The Morgan fingerprint density at radius 1 is 1.25 bits per heavy atom. The van der Waals surface area contributed by atoms with Crippen molar-refractivity contribution < 1.29 is 19.3 Å². The van der Waals surface area contributed by atoms with E-state index < -0.39 is 6.10 Å². The molecule has 0 fully saturated rings. The summed E-state index contributed by atoms with van der Waals surface area (Å²) in [7, 11) is 0. The zero-order chi connectivity index (χ0) is 16.5. The van der Waals surface area contributed by atoms with Gasteiger partial charge in [-0.05, 0) is 19.1 Å². The Bertz CT molecular complexity index is 733. The largest absolute Gasteiger partial charge is 0.491 e. The molecule has 2 aromatic rings. The summed E-state index contributed by atoms with van der Waals surface area (Å²) in [6.45, 7) is 5.37. The van der Waals surface area contributed by atoms with E-state index >= 15 is 0 Å². The summed E-state index contributed by atoms with van der Waals surface area (Å²) < 4.78 is 18.4. The van der Waals surface area contributed by atoms with Crippen molar-refractivity contribution in [2.24, 2.45) is 0 Å². The fourth-order valence-corrected chi connectivity index (χ4v) is 3.02. The van der Waals surface area contributed by atoms with Crippen molar-refractivity contribution >= 4 is 0 Å². The molecule has 8 nitrogen and oxygen atoms in total. The number of hydrogen-bond acceptors (Lipinski definition) is 7. The van der Waals surface area contributed by atoms with Crippen LogP contribution in [0.25, 0.3) is 0 Å². The third kappa shape index (κ3) is 3.02. The van der Waals surface area contributed by atoms with E-state index in [4.69, 9.17) is 14.2 Å². The van der Waals surface area contributed by atoms with Crippen LogP contribution >= 0.6 is 0 Å². The Morgan fingerprint density at radius 3 is 3.04 bits per heavy atom.